The maximum absolute atomic E-state index is 13.0. The van der Waals surface area contributed by atoms with Gasteiger partial charge >= 0.3 is 0 Å². The molecule has 0 bridgehead atoms. The Hall–Kier alpha value is -3.71. The lowest BCUT2D eigenvalue weighted by atomic mass is 9.98. The summed E-state index contributed by atoms with van der Waals surface area (Å²) in [5.41, 5.74) is 3.35. The molecule has 0 atom stereocenters. The van der Waals surface area contributed by atoms with Gasteiger partial charge in [0, 0.05) is 19.2 Å². The van der Waals surface area contributed by atoms with Crippen molar-refractivity contribution in [3.63, 3.8) is 0 Å². The van der Waals surface area contributed by atoms with Crippen LogP contribution < -0.4 is 18.9 Å². The number of hydrogen-bond acceptors (Lipinski definition) is 7. The number of hydrogen-bond donors (Lipinski definition) is 0. The largest absolute Gasteiger partial charge is 0.493 e. The first-order valence-electron chi connectivity index (χ1n) is 10.3. The number of allylic oxidation sites excluding steroid dienone is 1. The quantitative estimate of drug-likeness (QED) is 0.546. The average Bonchev–Trinajstić information content (AvgIpc) is 3.43. The maximum atomic E-state index is 13.0. The number of aryl methyl sites for hydroxylation is 1. The molecule has 7 nitrogen and oxygen atoms in total. The second-order valence-electron chi connectivity index (χ2n) is 7.78. The standard InChI is InChI=1S/C25H23NO6/c1-15-9-20-18(25-23(15)24(27)22(32-25)11-17-5-4-8-30-17)13-26(14-31-20)12-16-6-7-19(28-2)21(10-16)29-3/h4-11H,12-14H2,1-3H3/b22-11-. The molecule has 0 spiro atoms. The summed E-state index contributed by atoms with van der Waals surface area (Å²) in [4.78, 5) is 15.2. The van der Waals surface area contributed by atoms with Crippen LogP contribution >= 0.6 is 0 Å². The Kier molecular flexibility index (Phi) is 5.11. The minimum atomic E-state index is -0.145. The van der Waals surface area contributed by atoms with Gasteiger partial charge in [0.05, 0.1) is 31.6 Å². The van der Waals surface area contributed by atoms with Gasteiger partial charge < -0.3 is 23.4 Å². The fourth-order valence-electron chi connectivity index (χ4n) is 4.12. The van der Waals surface area contributed by atoms with Gasteiger partial charge in [-0.3, -0.25) is 9.69 Å². The van der Waals surface area contributed by atoms with E-state index in [9.17, 15) is 4.79 Å². The molecule has 0 N–H and O–H groups in total. The van der Waals surface area contributed by atoms with Gasteiger partial charge in [-0.1, -0.05) is 6.07 Å². The number of nitrogens with zero attached hydrogens (tertiary/aromatic N) is 1. The molecule has 2 aliphatic rings. The van der Waals surface area contributed by atoms with Crippen LogP contribution in [0, 0.1) is 6.92 Å². The molecule has 0 saturated heterocycles. The number of methoxy groups -OCH3 is 2. The molecule has 0 aliphatic carbocycles. The van der Waals surface area contributed by atoms with E-state index in [1.807, 2.05) is 31.2 Å². The van der Waals surface area contributed by atoms with Crippen molar-refractivity contribution in [2.75, 3.05) is 21.0 Å². The SMILES string of the molecule is COc1ccc(CN2COc3cc(C)c4c(c3C2)O/C(=C\c2ccco2)C4=O)cc1OC. The highest BCUT2D eigenvalue weighted by atomic mass is 16.5. The topological polar surface area (TPSA) is 70.4 Å². The fraction of sp³-hybridized carbons (Fsp3) is 0.240. The number of rotatable bonds is 5. The molecule has 2 aromatic carbocycles. The van der Waals surface area contributed by atoms with E-state index in [0.29, 0.717) is 48.4 Å². The van der Waals surface area contributed by atoms with Crippen LogP contribution in [-0.4, -0.2) is 31.6 Å². The van der Waals surface area contributed by atoms with Crippen molar-refractivity contribution in [1.82, 2.24) is 4.90 Å². The van der Waals surface area contributed by atoms with Gasteiger partial charge in [-0.15, -0.1) is 0 Å². The van der Waals surface area contributed by atoms with Crippen LogP contribution in [0.1, 0.15) is 32.8 Å². The van der Waals surface area contributed by atoms with Crippen molar-refractivity contribution in [3.05, 3.63) is 76.4 Å². The Balaban J connectivity index is 1.43. The molecule has 0 radical (unpaired) electrons. The van der Waals surface area contributed by atoms with Crippen molar-refractivity contribution in [1.29, 1.82) is 0 Å². The molecular weight excluding hydrogens is 410 g/mol. The summed E-state index contributed by atoms with van der Waals surface area (Å²) >= 11 is 0. The first kappa shape index (κ1) is 20.2. The normalized spacial score (nSPS) is 16.3. The monoisotopic (exact) mass is 433 g/mol. The van der Waals surface area contributed by atoms with Gasteiger partial charge in [0.25, 0.3) is 0 Å². The minimum absolute atomic E-state index is 0.145. The second-order valence-corrected chi connectivity index (χ2v) is 7.78. The predicted octanol–water partition coefficient (Wildman–Crippen LogP) is 4.57. The summed E-state index contributed by atoms with van der Waals surface area (Å²) in [6.45, 7) is 3.57. The number of fused-ring (bicyclic) bond motifs is 3. The molecular formula is C25H23NO6. The minimum Gasteiger partial charge on any atom is -0.493 e. The molecule has 3 heterocycles. The van der Waals surface area contributed by atoms with Gasteiger partial charge in [-0.2, -0.15) is 0 Å². The maximum Gasteiger partial charge on any atom is 0.232 e. The third-order valence-corrected chi connectivity index (χ3v) is 5.66. The van der Waals surface area contributed by atoms with Crippen molar-refractivity contribution in [2.24, 2.45) is 0 Å². The third-order valence-electron chi connectivity index (χ3n) is 5.66. The van der Waals surface area contributed by atoms with Crippen molar-refractivity contribution in [3.8, 4) is 23.0 Å². The summed E-state index contributed by atoms with van der Waals surface area (Å²) in [7, 11) is 3.24. The van der Waals surface area contributed by atoms with Gasteiger partial charge in [0.15, 0.2) is 17.3 Å². The first-order valence-corrected chi connectivity index (χ1v) is 10.3. The van der Waals surface area contributed by atoms with Crippen LogP contribution in [0.15, 0.2) is 52.8 Å². The van der Waals surface area contributed by atoms with E-state index in [0.717, 1.165) is 22.4 Å². The summed E-state index contributed by atoms with van der Waals surface area (Å²) < 4.78 is 28.2. The van der Waals surface area contributed by atoms with Gasteiger partial charge in [-0.05, 0) is 48.4 Å². The van der Waals surface area contributed by atoms with Crippen molar-refractivity contribution < 1.29 is 28.2 Å². The van der Waals surface area contributed by atoms with Gasteiger partial charge in [0.1, 0.15) is 24.0 Å². The molecule has 0 amide bonds. The molecule has 3 aromatic rings. The molecule has 1 aromatic heterocycles. The Labute approximate surface area is 185 Å². The summed E-state index contributed by atoms with van der Waals surface area (Å²) in [5, 5.41) is 0. The van der Waals surface area contributed by atoms with Crippen LogP contribution in [0.5, 0.6) is 23.0 Å². The Morgan fingerprint density at radius 3 is 2.72 bits per heavy atom. The smallest absolute Gasteiger partial charge is 0.232 e. The molecule has 0 saturated carbocycles. The Bertz CT molecular complexity index is 1210. The van der Waals surface area contributed by atoms with E-state index < -0.39 is 0 Å². The number of Topliss-reactive ketones (excluding diaryl/α,β-unsaturated/α-hetero) is 1. The lowest BCUT2D eigenvalue weighted by Crippen LogP contribution is -2.31. The summed E-state index contributed by atoms with van der Waals surface area (Å²) in [5.74, 6) is 3.36. The molecule has 5 rings (SSSR count). The molecule has 7 heteroatoms. The number of benzene rings is 2. The third kappa shape index (κ3) is 3.50. The van der Waals surface area contributed by atoms with Crippen LogP contribution in [0.4, 0.5) is 0 Å². The van der Waals surface area contributed by atoms with Crippen molar-refractivity contribution >= 4 is 11.9 Å². The van der Waals surface area contributed by atoms with E-state index in [-0.39, 0.29) is 11.5 Å². The van der Waals surface area contributed by atoms with E-state index >= 15 is 0 Å². The van der Waals surface area contributed by atoms with Gasteiger partial charge in [0.2, 0.25) is 5.78 Å². The Morgan fingerprint density at radius 1 is 1.12 bits per heavy atom. The van der Waals surface area contributed by atoms with E-state index in [2.05, 4.69) is 4.90 Å². The van der Waals surface area contributed by atoms with Crippen LogP contribution in [-0.2, 0) is 13.1 Å². The van der Waals surface area contributed by atoms with E-state index in [1.165, 1.54) is 0 Å². The number of furan rings is 1. The van der Waals surface area contributed by atoms with Crippen LogP contribution in [0.3, 0.4) is 0 Å². The number of carbonyl (C=O) groups is 1. The summed E-state index contributed by atoms with van der Waals surface area (Å²) in [6.07, 6.45) is 3.19. The van der Waals surface area contributed by atoms with E-state index in [1.54, 1.807) is 38.7 Å². The number of carbonyl (C=O) groups excluding carboxylic acids is 1. The van der Waals surface area contributed by atoms with E-state index in [4.69, 9.17) is 23.4 Å². The molecule has 32 heavy (non-hydrogen) atoms. The summed E-state index contributed by atoms with van der Waals surface area (Å²) in [6, 6.07) is 11.3. The molecule has 2 aliphatic heterocycles. The van der Waals surface area contributed by atoms with Crippen LogP contribution in [0.2, 0.25) is 0 Å². The zero-order valence-electron chi connectivity index (χ0n) is 18.1. The number of ketones is 1. The highest BCUT2D eigenvalue weighted by Gasteiger charge is 2.35. The van der Waals surface area contributed by atoms with Crippen molar-refractivity contribution in [2.45, 2.75) is 20.0 Å². The highest BCUT2D eigenvalue weighted by molar-refractivity contribution is 6.15. The number of ether oxygens (including phenoxy) is 4. The first-order chi connectivity index (χ1) is 15.6. The van der Waals surface area contributed by atoms with Crippen LogP contribution in [0.25, 0.3) is 6.08 Å². The molecule has 0 fully saturated rings. The van der Waals surface area contributed by atoms with Gasteiger partial charge in [-0.25, -0.2) is 0 Å². The average molecular weight is 433 g/mol. The Morgan fingerprint density at radius 2 is 1.97 bits per heavy atom. The molecule has 0 unspecified atom stereocenters. The lowest BCUT2D eigenvalue weighted by molar-refractivity contribution is 0.0871. The zero-order valence-corrected chi connectivity index (χ0v) is 18.1. The zero-order chi connectivity index (χ0) is 22.2. The highest BCUT2D eigenvalue weighted by Crippen LogP contribution is 2.44. The predicted molar refractivity (Wildman–Crippen MR) is 117 cm³/mol. The molecule has 164 valence electrons. The second kappa shape index (κ2) is 8.09. The lowest BCUT2D eigenvalue weighted by Gasteiger charge is -2.30. The fourth-order valence-corrected chi connectivity index (χ4v) is 4.12.